The minimum absolute atomic E-state index is 0.252. The number of hydrogen-bond donors (Lipinski definition) is 0. The minimum atomic E-state index is -0.396. The maximum atomic E-state index is 12.1. The number of nitrogens with zero attached hydrogens (tertiary/aromatic N) is 2. The van der Waals surface area contributed by atoms with Gasteiger partial charge in [-0.2, -0.15) is 0 Å². The Morgan fingerprint density at radius 1 is 0.875 bits per heavy atom. The topological polar surface area (TPSA) is 78.4 Å². The van der Waals surface area contributed by atoms with Gasteiger partial charge in [0.25, 0.3) is 0 Å². The monoisotopic (exact) mass is 326 g/mol. The number of carbonyl (C=O) groups excluding carboxylic acids is 2. The highest BCUT2D eigenvalue weighted by atomic mass is 16.6. The van der Waals surface area contributed by atoms with E-state index >= 15 is 0 Å². The van der Waals surface area contributed by atoms with Crippen molar-refractivity contribution < 1.29 is 19.1 Å². The molecule has 2 aromatic heterocycles. The van der Waals surface area contributed by atoms with E-state index in [9.17, 15) is 9.59 Å². The fraction of sp³-hybridized carbons (Fsp3) is 0.333. The average Bonchev–Trinajstić information content (AvgIpc) is 2.63. The number of aromatic nitrogens is 2. The van der Waals surface area contributed by atoms with Gasteiger partial charge in [-0.05, 0) is 43.5 Å². The van der Waals surface area contributed by atoms with Crippen molar-refractivity contribution in [1.82, 2.24) is 9.97 Å². The van der Waals surface area contributed by atoms with Crippen molar-refractivity contribution in [2.45, 2.75) is 37.9 Å². The van der Waals surface area contributed by atoms with Crippen LogP contribution in [0.4, 0.5) is 0 Å². The SMILES string of the molecule is O=C(OC1CCCC(OC(=O)c2cccnc2)C1)c1cccnc1. The van der Waals surface area contributed by atoms with Gasteiger partial charge in [0.1, 0.15) is 12.2 Å². The van der Waals surface area contributed by atoms with Gasteiger partial charge in [0, 0.05) is 31.2 Å². The fourth-order valence-electron chi connectivity index (χ4n) is 2.72. The zero-order chi connectivity index (χ0) is 16.8. The van der Waals surface area contributed by atoms with Crippen LogP contribution in [-0.2, 0) is 9.47 Å². The lowest BCUT2D eigenvalue weighted by atomic mass is 9.94. The molecule has 0 spiro atoms. The first-order valence-electron chi connectivity index (χ1n) is 7.94. The van der Waals surface area contributed by atoms with Gasteiger partial charge >= 0.3 is 11.9 Å². The van der Waals surface area contributed by atoms with Gasteiger partial charge < -0.3 is 9.47 Å². The average molecular weight is 326 g/mol. The van der Waals surface area contributed by atoms with E-state index in [2.05, 4.69) is 9.97 Å². The quantitative estimate of drug-likeness (QED) is 0.804. The Bertz CT molecular complexity index is 631. The normalized spacial score (nSPS) is 20.2. The molecule has 0 aromatic carbocycles. The van der Waals surface area contributed by atoms with Gasteiger partial charge in [-0.1, -0.05) is 0 Å². The van der Waals surface area contributed by atoms with E-state index in [0.29, 0.717) is 17.5 Å². The molecule has 1 fully saturated rings. The number of rotatable bonds is 4. The van der Waals surface area contributed by atoms with Gasteiger partial charge in [0.15, 0.2) is 0 Å². The molecule has 1 aliphatic rings. The second-order valence-electron chi connectivity index (χ2n) is 5.70. The van der Waals surface area contributed by atoms with E-state index in [1.807, 2.05) is 0 Å². The molecule has 0 amide bonds. The third kappa shape index (κ3) is 4.16. The minimum Gasteiger partial charge on any atom is -0.459 e. The van der Waals surface area contributed by atoms with Gasteiger partial charge in [-0.15, -0.1) is 0 Å². The van der Waals surface area contributed by atoms with Crippen molar-refractivity contribution in [2.24, 2.45) is 0 Å². The lowest BCUT2D eigenvalue weighted by Gasteiger charge is -2.28. The Labute approximate surface area is 139 Å². The molecule has 124 valence electrons. The molecule has 2 heterocycles. The summed E-state index contributed by atoms with van der Waals surface area (Å²) < 4.78 is 11.0. The number of pyridine rings is 2. The molecule has 6 heteroatoms. The van der Waals surface area contributed by atoms with E-state index in [1.54, 1.807) is 36.7 Å². The molecule has 0 saturated heterocycles. The first-order chi connectivity index (χ1) is 11.7. The van der Waals surface area contributed by atoms with Crippen LogP contribution in [0.3, 0.4) is 0 Å². The first kappa shape index (κ1) is 16.1. The molecule has 2 unspecified atom stereocenters. The summed E-state index contributed by atoms with van der Waals surface area (Å²) in [6.45, 7) is 0. The molecular weight excluding hydrogens is 308 g/mol. The van der Waals surface area contributed by atoms with Crippen molar-refractivity contribution >= 4 is 11.9 Å². The largest absolute Gasteiger partial charge is 0.459 e. The van der Waals surface area contributed by atoms with Crippen LogP contribution >= 0.6 is 0 Å². The zero-order valence-corrected chi connectivity index (χ0v) is 13.1. The van der Waals surface area contributed by atoms with Crippen LogP contribution in [0.5, 0.6) is 0 Å². The summed E-state index contributed by atoms with van der Waals surface area (Å²) in [6, 6.07) is 6.71. The van der Waals surface area contributed by atoms with E-state index in [4.69, 9.17) is 9.47 Å². The Morgan fingerprint density at radius 2 is 1.38 bits per heavy atom. The van der Waals surface area contributed by atoms with E-state index in [1.165, 1.54) is 12.4 Å². The summed E-state index contributed by atoms with van der Waals surface area (Å²) in [5, 5.41) is 0. The number of esters is 2. The summed E-state index contributed by atoms with van der Waals surface area (Å²) in [5.41, 5.74) is 0.846. The zero-order valence-electron chi connectivity index (χ0n) is 13.1. The highest BCUT2D eigenvalue weighted by Gasteiger charge is 2.28. The Balaban J connectivity index is 1.55. The lowest BCUT2D eigenvalue weighted by molar-refractivity contribution is -0.0177. The van der Waals surface area contributed by atoms with Gasteiger partial charge in [-0.25, -0.2) is 9.59 Å². The Morgan fingerprint density at radius 3 is 1.79 bits per heavy atom. The van der Waals surface area contributed by atoms with Crippen molar-refractivity contribution in [3.05, 3.63) is 60.2 Å². The number of carbonyl (C=O) groups is 2. The molecule has 0 N–H and O–H groups in total. The van der Waals surface area contributed by atoms with E-state index in [-0.39, 0.29) is 12.2 Å². The van der Waals surface area contributed by atoms with Crippen LogP contribution in [-0.4, -0.2) is 34.1 Å². The van der Waals surface area contributed by atoms with Crippen LogP contribution in [0.1, 0.15) is 46.4 Å². The van der Waals surface area contributed by atoms with Crippen molar-refractivity contribution in [1.29, 1.82) is 0 Å². The first-order valence-corrected chi connectivity index (χ1v) is 7.94. The fourth-order valence-corrected chi connectivity index (χ4v) is 2.72. The van der Waals surface area contributed by atoms with Crippen LogP contribution in [0.2, 0.25) is 0 Å². The second-order valence-corrected chi connectivity index (χ2v) is 5.70. The van der Waals surface area contributed by atoms with Crippen LogP contribution in [0.25, 0.3) is 0 Å². The molecule has 0 bridgehead atoms. The highest BCUT2D eigenvalue weighted by Crippen LogP contribution is 2.25. The van der Waals surface area contributed by atoms with E-state index < -0.39 is 11.9 Å². The summed E-state index contributed by atoms with van der Waals surface area (Å²) in [4.78, 5) is 32.0. The summed E-state index contributed by atoms with van der Waals surface area (Å²) >= 11 is 0. The Hall–Kier alpha value is -2.76. The number of hydrogen-bond acceptors (Lipinski definition) is 6. The molecule has 3 rings (SSSR count). The van der Waals surface area contributed by atoms with Gasteiger partial charge in [0.05, 0.1) is 11.1 Å². The summed E-state index contributed by atoms with van der Waals surface area (Å²) in [7, 11) is 0. The molecule has 0 radical (unpaired) electrons. The Kier molecular flexibility index (Phi) is 5.15. The van der Waals surface area contributed by atoms with Crippen molar-refractivity contribution in [2.75, 3.05) is 0 Å². The summed E-state index contributed by atoms with van der Waals surface area (Å²) in [5.74, 6) is -0.792. The van der Waals surface area contributed by atoms with E-state index in [0.717, 1.165) is 19.3 Å². The molecule has 1 aliphatic carbocycles. The van der Waals surface area contributed by atoms with Crippen LogP contribution in [0.15, 0.2) is 49.1 Å². The standard InChI is InChI=1S/C18H18N2O4/c21-17(13-4-2-8-19-11-13)23-15-6-1-7-16(10-15)24-18(22)14-5-3-9-20-12-14/h2-5,8-9,11-12,15-16H,1,6-7,10H2. The maximum absolute atomic E-state index is 12.1. The number of ether oxygens (including phenoxy) is 2. The molecule has 0 aliphatic heterocycles. The predicted octanol–water partition coefficient (Wildman–Crippen LogP) is 2.80. The maximum Gasteiger partial charge on any atom is 0.339 e. The van der Waals surface area contributed by atoms with Crippen molar-refractivity contribution in [3.8, 4) is 0 Å². The molecule has 2 aromatic rings. The van der Waals surface area contributed by atoms with Gasteiger partial charge in [-0.3, -0.25) is 9.97 Å². The third-order valence-electron chi connectivity index (χ3n) is 3.92. The third-order valence-corrected chi connectivity index (χ3v) is 3.92. The second kappa shape index (κ2) is 7.68. The molecule has 24 heavy (non-hydrogen) atoms. The highest BCUT2D eigenvalue weighted by molar-refractivity contribution is 5.89. The lowest BCUT2D eigenvalue weighted by Crippen LogP contribution is -2.31. The summed E-state index contributed by atoms with van der Waals surface area (Å²) in [6.07, 6.45) is 8.55. The molecule has 6 nitrogen and oxygen atoms in total. The molecule has 2 atom stereocenters. The van der Waals surface area contributed by atoms with Crippen LogP contribution < -0.4 is 0 Å². The predicted molar refractivity (Wildman–Crippen MR) is 85.3 cm³/mol. The van der Waals surface area contributed by atoms with Crippen molar-refractivity contribution in [3.63, 3.8) is 0 Å². The van der Waals surface area contributed by atoms with Crippen LogP contribution in [0, 0.1) is 0 Å². The van der Waals surface area contributed by atoms with Gasteiger partial charge in [0.2, 0.25) is 0 Å². The molecule has 1 saturated carbocycles. The smallest absolute Gasteiger partial charge is 0.339 e. The molecular formula is C18H18N2O4.